The van der Waals surface area contributed by atoms with Crippen molar-refractivity contribution in [3.8, 4) is 0 Å². The van der Waals surface area contributed by atoms with Crippen LogP contribution < -0.4 is 0 Å². The molecule has 408 valence electrons. The summed E-state index contributed by atoms with van der Waals surface area (Å²) in [7, 11) is 0. The Balaban J connectivity index is 4.44. The van der Waals surface area contributed by atoms with E-state index in [1.54, 1.807) is 0 Å². The maximum atomic E-state index is 12.9. The van der Waals surface area contributed by atoms with Gasteiger partial charge in [-0.2, -0.15) is 0 Å². The molecule has 6 heteroatoms. The highest BCUT2D eigenvalue weighted by Crippen LogP contribution is 2.15. The fraction of sp³-hybridized carbons (Fsp3) is 0.652. The molecule has 0 N–H and O–H groups in total. The summed E-state index contributed by atoms with van der Waals surface area (Å²) >= 11 is 0. The van der Waals surface area contributed by atoms with E-state index in [1.807, 2.05) is 0 Å². The fourth-order valence-electron chi connectivity index (χ4n) is 7.85. The van der Waals surface area contributed by atoms with Gasteiger partial charge in [-0.3, -0.25) is 14.4 Å². The van der Waals surface area contributed by atoms with Crippen LogP contribution in [0.4, 0.5) is 0 Å². The summed E-state index contributed by atoms with van der Waals surface area (Å²) < 4.78 is 16.8. The van der Waals surface area contributed by atoms with E-state index < -0.39 is 6.10 Å². The number of esters is 3. The van der Waals surface area contributed by atoms with Crippen LogP contribution in [0.5, 0.6) is 0 Å². The second-order valence-electron chi connectivity index (χ2n) is 19.1. The van der Waals surface area contributed by atoms with Crippen LogP contribution in [0, 0.1) is 0 Å². The summed E-state index contributed by atoms with van der Waals surface area (Å²) in [6, 6.07) is 0. The van der Waals surface area contributed by atoms with Gasteiger partial charge >= 0.3 is 17.9 Å². The van der Waals surface area contributed by atoms with Gasteiger partial charge in [0.25, 0.3) is 0 Å². The van der Waals surface area contributed by atoms with E-state index in [0.717, 1.165) is 148 Å². The molecule has 0 aromatic carbocycles. The van der Waals surface area contributed by atoms with Crippen LogP contribution in [0.3, 0.4) is 0 Å². The van der Waals surface area contributed by atoms with Gasteiger partial charge in [0, 0.05) is 19.3 Å². The van der Waals surface area contributed by atoms with Gasteiger partial charge in [0.05, 0.1) is 0 Å². The van der Waals surface area contributed by atoms with Gasteiger partial charge in [-0.25, -0.2) is 0 Å². The number of allylic oxidation sites excluding steroid dienone is 20. The summed E-state index contributed by atoms with van der Waals surface area (Å²) in [5.41, 5.74) is 0. The maximum absolute atomic E-state index is 12.9. The van der Waals surface area contributed by atoms with E-state index in [1.165, 1.54) is 70.6 Å². The van der Waals surface area contributed by atoms with Gasteiger partial charge in [-0.05, 0) is 109 Å². The van der Waals surface area contributed by atoms with E-state index in [9.17, 15) is 14.4 Å². The molecule has 0 bridgehead atoms. The monoisotopic (exact) mass is 997 g/mol. The lowest BCUT2D eigenvalue weighted by atomic mass is 10.0. The lowest BCUT2D eigenvalue weighted by Crippen LogP contribution is -2.30. The van der Waals surface area contributed by atoms with Crippen LogP contribution in [-0.4, -0.2) is 37.2 Å². The normalized spacial score (nSPS) is 13.0. The summed E-state index contributed by atoms with van der Waals surface area (Å²) in [6.07, 6.45) is 81.9. The van der Waals surface area contributed by atoms with Crippen molar-refractivity contribution < 1.29 is 28.6 Å². The summed E-state index contributed by atoms with van der Waals surface area (Å²) in [6.45, 7) is 6.38. The highest BCUT2D eigenvalue weighted by atomic mass is 16.6. The molecule has 72 heavy (non-hydrogen) atoms. The lowest BCUT2D eigenvalue weighted by Gasteiger charge is -2.18. The van der Waals surface area contributed by atoms with Gasteiger partial charge in [0.1, 0.15) is 13.2 Å². The number of carbonyl (C=O) groups is 3. The molecule has 0 fully saturated rings. The summed E-state index contributed by atoms with van der Waals surface area (Å²) in [4.78, 5) is 38.2. The zero-order valence-corrected chi connectivity index (χ0v) is 46.7. The van der Waals surface area contributed by atoms with Crippen LogP contribution in [0.25, 0.3) is 0 Å². The first-order valence-corrected chi connectivity index (χ1v) is 29.5. The molecule has 0 aliphatic carbocycles. The third kappa shape index (κ3) is 56.7. The Kier molecular flexibility index (Phi) is 55.9. The van der Waals surface area contributed by atoms with Gasteiger partial charge < -0.3 is 14.2 Å². The molecule has 1 atom stereocenters. The SMILES string of the molecule is CC/C=C\C/C=C\C/C=C\C/C=C\C/C=C\C/C=C\C/C=C\CCCCCC(=O)OCC(COC(=O)CCCCCCCCCCCCCCCC)OC(=O)CCCCCCC/C=C\C/C=C\C/C=C\CC. The minimum Gasteiger partial charge on any atom is -0.462 e. The maximum Gasteiger partial charge on any atom is 0.306 e. The Bertz CT molecular complexity index is 1520. The van der Waals surface area contributed by atoms with Crippen molar-refractivity contribution in [2.45, 2.75) is 264 Å². The first-order chi connectivity index (χ1) is 35.5. The highest BCUT2D eigenvalue weighted by Gasteiger charge is 2.19. The molecular formula is C66H108O6. The van der Waals surface area contributed by atoms with Crippen molar-refractivity contribution in [3.63, 3.8) is 0 Å². The molecule has 0 saturated heterocycles. The average Bonchev–Trinajstić information content (AvgIpc) is 3.38. The van der Waals surface area contributed by atoms with Gasteiger partial charge in [-0.1, -0.05) is 251 Å². The second kappa shape index (κ2) is 59.4. The van der Waals surface area contributed by atoms with Crippen molar-refractivity contribution in [2.75, 3.05) is 13.2 Å². The molecule has 0 spiro atoms. The van der Waals surface area contributed by atoms with Gasteiger partial charge in [-0.15, -0.1) is 0 Å². The molecule has 0 aliphatic heterocycles. The fourth-order valence-corrected chi connectivity index (χ4v) is 7.85. The van der Waals surface area contributed by atoms with Crippen molar-refractivity contribution in [1.82, 2.24) is 0 Å². The van der Waals surface area contributed by atoms with Crippen LogP contribution >= 0.6 is 0 Å². The Morgan fingerprint density at radius 3 is 0.861 bits per heavy atom. The Hall–Kier alpha value is -4.19. The molecule has 0 aromatic heterocycles. The van der Waals surface area contributed by atoms with Crippen LogP contribution in [0.15, 0.2) is 122 Å². The van der Waals surface area contributed by atoms with Crippen molar-refractivity contribution in [2.24, 2.45) is 0 Å². The molecule has 0 amide bonds. The molecule has 0 rings (SSSR count). The Morgan fingerprint density at radius 1 is 0.292 bits per heavy atom. The zero-order valence-electron chi connectivity index (χ0n) is 46.7. The van der Waals surface area contributed by atoms with Crippen LogP contribution in [-0.2, 0) is 28.6 Å². The standard InChI is InChI=1S/C66H108O6/c1-4-7-10-13-16-19-22-25-28-29-30-31-32-33-34-35-36-37-39-41-44-47-50-53-56-59-65(68)71-62-63(61-70-64(67)58-55-52-49-46-43-40-27-24-21-18-15-12-9-6-3)72-66(69)60-57-54-51-48-45-42-38-26-23-20-17-14-11-8-5-2/h7-8,10-11,16-17,19-20,25-26,28,30-31,33-34,36-38,41,44,63H,4-6,9,12-15,18,21-24,27,29,32,35,39-40,42-43,45-62H2,1-3H3/b10-7-,11-8-,19-16-,20-17-,28-25-,31-30-,34-33-,37-36-,38-26-,44-41-. The second-order valence-corrected chi connectivity index (χ2v) is 19.1. The molecule has 0 radical (unpaired) electrons. The molecule has 0 aromatic rings. The van der Waals surface area contributed by atoms with Crippen LogP contribution in [0.2, 0.25) is 0 Å². The van der Waals surface area contributed by atoms with Crippen molar-refractivity contribution in [1.29, 1.82) is 0 Å². The number of rotatable bonds is 52. The molecule has 0 heterocycles. The molecule has 6 nitrogen and oxygen atoms in total. The third-order valence-electron chi connectivity index (χ3n) is 12.2. The van der Waals surface area contributed by atoms with Crippen molar-refractivity contribution >= 4 is 17.9 Å². The largest absolute Gasteiger partial charge is 0.462 e. The van der Waals surface area contributed by atoms with E-state index in [2.05, 4.69) is 142 Å². The summed E-state index contributed by atoms with van der Waals surface area (Å²) in [5.74, 6) is -0.947. The van der Waals surface area contributed by atoms with E-state index in [0.29, 0.717) is 19.3 Å². The van der Waals surface area contributed by atoms with Crippen molar-refractivity contribution in [3.05, 3.63) is 122 Å². The van der Waals surface area contributed by atoms with Gasteiger partial charge in [0.15, 0.2) is 6.10 Å². The van der Waals surface area contributed by atoms with E-state index in [4.69, 9.17) is 14.2 Å². The third-order valence-corrected chi connectivity index (χ3v) is 12.2. The first-order valence-electron chi connectivity index (χ1n) is 29.5. The number of ether oxygens (including phenoxy) is 3. The molecule has 0 saturated carbocycles. The minimum atomic E-state index is -0.803. The number of carbonyl (C=O) groups excluding carboxylic acids is 3. The van der Waals surface area contributed by atoms with E-state index >= 15 is 0 Å². The van der Waals surface area contributed by atoms with Crippen LogP contribution in [0.1, 0.15) is 258 Å². The molecule has 1 unspecified atom stereocenters. The average molecular weight is 998 g/mol. The number of hydrogen-bond acceptors (Lipinski definition) is 6. The smallest absolute Gasteiger partial charge is 0.306 e. The molecular weight excluding hydrogens is 889 g/mol. The minimum absolute atomic E-state index is 0.0967. The topological polar surface area (TPSA) is 78.9 Å². The Morgan fingerprint density at radius 2 is 0.542 bits per heavy atom. The summed E-state index contributed by atoms with van der Waals surface area (Å²) in [5, 5.41) is 0. The Labute approximate surface area is 443 Å². The highest BCUT2D eigenvalue weighted by molar-refractivity contribution is 5.71. The predicted octanol–water partition coefficient (Wildman–Crippen LogP) is 20.0. The quantitative estimate of drug-likeness (QED) is 0.0261. The first kappa shape index (κ1) is 67.8. The predicted molar refractivity (Wildman–Crippen MR) is 311 cm³/mol. The zero-order chi connectivity index (χ0) is 52.2. The number of hydrogen-bond donors (Lipinski definition) is 0. The van der Waals surface area contributed by atoms with E-state index in [-0.39, 0.29) is 31.1 Å². The molecule has 0 aliphatic rings. The van der Waals surface area contributed by atoms with Gasteiger partial charge in [0.2, 0.25) is 0 Å². The lowest BCUT2D eigenvalue weighted by molar-refractivity contribution is -0.167. The number of unbranched alkanes of at least 4 members (excludes halogenated alkanes) is 21.